The van der Waals surface area contributed by atoms with Gasteiger partial charge in [-0.25, -0.2) is 10.1 Å². The van der Waals surface area contributed by atoms with Crippen LogP contribution in [0.4, 0.5) is 0 Å². The van der Waals surface area contributed by atoms with Crippen molar-refractivity contribution in [3.05, 3.63) is 35.9 Å². The summed E-state index contributed by atoms with van der Waals surface area (Å²) in [7, 11) is 0. The molecular weight excluding hydrogens is 192 g/mol. The molecule has 15 heavy (non-hydrogen) atoms. The second kappa shape index (κ2) is 5.85. The summed E-state index contributed by atoms with van der Waals surface area (Å²) in [6.45, 7) is 5.77. The Balaban J connectivity index is 2.69. The Hall–Kier alpha value is -0.900. The van der Waals surface area contributed by atoms with Crippen molar-refractivity contribution < 1.29 is 14.9 Å². The van der Waals surface area contributed by atoms with Crippen LogP contribution in [0.15, 0.2) is 30.3 Å². The third-order valence-electron chi connectivity index (χ3n) is 2.24. The smallest absolute Gasteiger partial charge is 0.197 e. The summed E-state index contributed by atoms with van der Waals surface area (Å²) in [6, 6.07) is 9.83. The molecule has 3 nitrogen and oxygen atoms in total. The number of hydrogen-bond donors (Lipinski definition) is 1. The summed E-state index contributed by atoms with van der Waals surface area (Å²) in [5.41, 5.74) is 1.08. The molecule has 0 bridgehead atoms. The summed E-state index contributed by atoms with van der Waals surface area (Å²) < 4.78 is 5.44. The Morgan fingerprint density at radius 1 is 1.07 bits per heavy atom. The van der Waals surface area contributed by atoms with Crippen molar-refractivity contribution in [3.8, 4) is 0 Å². The average Bonchev–Trinajstić information content (AvgIpc) is 2.26. The zero-order valence-electron chi connectivity index (χ0n) is 9.38. The van der Waals surface area contributed by atoms with Gasteiger partial charge in [0.2, 0.25) is 0 Å². The third kappa shape index (κ3) is 3.63. The monoisotopic (exact) mass is 210 g/mol. The molecule has 0 aliphatic heterocycles. The van der Waals surface area contributed by atoms with Gasteiger partial charge in [-0.1, -0.05) is 37.3 Å². The minimum absolute atomic E-state index is 0.00130. The van der Waals surface area contributed by atoms with Crippen LogP contribution in [0.1, 0.15) is 32.3 Å². The SMILES string of the molecule is CC(C)OC(OO)C(C)c1ccccc1. The van der Waals surface area contributed by atoms with Crippen LogP contribution in [0.3, 0.4) is 0 Å². The van der Waals surface area contributed by atoms with Crippen molar-refractivity contribution >= 4 is 0 Å². The summed E-state index contributed by atoms with van der Waals surface area (Å²) >= 11 is 0. The molecule has 2 unspecified atom stereocenters. The topological polar surface area (TPSA) is 38.7 Å². The van der Waals surface area contributed by atoms with Gasteiger partial charge in [-0.2, -0.15) is 0 Å². The normalized spacial score (nSPS) is 15.3. The summed E-state index contributed by atoms with van der Waals surface area (Å²) in [4.78, 5) is 4.36. The van der Waals surface area contributed by atoms with Gasteiger partial charge in [0.25, 0.3) is 0 Å². The maximum absolute atomic E-state index is 8.78. The molecule has 0 amide bonds. The van der Waals surface area contributed by atoms with Gasteiger partial charge in [0.15, 0.2) is 6.29 Å². The van der Waals surface area contributed by atoms with Gasteiger partial charge < -0.3 is 4.74 Å². The fourth-order valence-electron chi connectivity index (χ4n) is 1.42. The van der Waals surface area contributed by atoms with Crippen molar-refractivity contribution in [2.24, 2.45) is 0 Å². The fraction of sp³-hybridized carbons (Fsp3) is 0.500. The minimum atomic E-state index is -0.618. The van der Waals surface area contributed by atoms with Crippen molar-refractivity contribution in [1.82, 2.24) is 0 Å². The molecule has 0 aliphatic rings. The van der Waals surface area contributed by atoms with Crippen molar-refractivity contribution in [2.45, 2.75) is 39.1 Å². The standard InChI is InChI=1S/C12H18O3/c1-9(2)14-12(15-13)10(3)11-7-5-4-6-8-11/h4-10,12-13H,1-3H3. The third-order valence-corrected chi connectivity index (χ3v) is 2.24. The Labute approximate surface area is 90.6 Å². The van der Waals surface area contributed by atoms with Crippen LogP contribution in [0.5, 0.6) is 0 Å². The van der Waals surface area contributed by atoms with E-state index in [1.54, 1.807) is 0 Å². The Morgan fingerprint density at radius 3 is 2.13 bits per heavy atom. The maximum Gasteiger partial charge on any atom is 0.197 e. The second-order valence-electron chi connectivity index (χ2n) is 3.86. The molecule has 0 aromatic heterocycles. The van der Waals surface area contributed by atoms with Gasteiger partial charge in [0.05, 0.1) is 6.10 Å². The number of hydrogen-bond acceptors (Lipinski definition) is 3. The molecule has 0 saturated carbocycles. The van der Waals surface area contributed by atoms with E-state index in [0.29, 0.717) is 0 Å². The lowest BCUT2D eigenvalue weighted by molar-refractivity contribution is -0.357. The quantitative estimate of drug-likeness (QED) is 0.461. The maximum atomic E-state index is 8.78. The Kier molecular flexibility index (Phi) is 4.75. The lowest BCUT2D eigenvalue weighted by Gasteiger charge is -2.23. The molecule has 2 atom stereocenters. The van der Waals surface area contributed by atoms with E-state index in [2.05, 4.69) is 4.89 Å². The Morgan fingerprint density at radius 2 is 1.67 bits per heavy atom. The molecule has 1 aromatic carbocycles. The first kappa shape index (κ1) is 12.2. The van der Waals surface area contributed by atoms with Crippen LogP contribution >= 0.6 is 0 Å². The highest BCUT2D eigenvalue weighted by Crippen LogP contribution is 2.22. The number of ether oxygens (including phenoxy) is 1. The summed E-state index contributed by atoms with van der Waals surface area (Å²) in [5.74, 6) is -0.00130. The van der Waals surface area contributed by atoms with Crippen LogP contribution in [-0.2, 0) is 9.62 Å². The first-order chi connectivity index (χ1) is 7.15. The van der Waals surface area contributed by atoms with Crippen molar-refractivity contribution in [3.63, 3.8) is 0 Å². The molecule has 1 N–H and O–H groups in total. The molecule has 1 rings (SSSR count). The van der Waals surface area contributed by atoms with E-state index in [1.807, 2.05) is 51.1 Å². The average molecular weight is 210 g/mol. The largest absolute Gasteiger partial charge is 0.346 e. The van der Waals surface area contributed by atoms with Gasteiger partial charge in [-0.05, 0) is 19.4 Å². The van der Waals surface area contributed by atoms with Crippen LogP contribution in [-0.4, -0.2) is 17.7 Å². The van der Waals surface area contributed by atoms with Gasteiger partial charge in [-0.3, -0.25) is 0 Å². The van der Waals surface area contributed by atoms with Gasteiger partial charge in [0, 0.05) is 5.92 Å². The van der Waals surface area contributed by atoms with E-state index in [1.165, 1.54) is 0 Å². The van der Waals surface area contributed by atoms with E-state index in [0.717, 1.165) is 5.56 Å². The number of rotatable bonds is 5. The van der Waals surface area contributed by atoms with Gasteiger partial charge in [-0.15, -0.1) is 0 Å². The first-order valence-corrected chi connectivity index (χ1v) is 5.15. The van der Waals surface area contributed by atoms with E-state index in [9.17, 15) is 0 Å². The molecule has 0 heterocycles. The van der Waals surface area contributed by atoms with Crippen molar-refractivity contribution in [2.75, 3.05) is 0 Å². The molecule has 0 spiro atoms. The molecule has 0 fully saturated rings. The predicted molar refractivity (Wildman–Crippen MR) is 58.6 cm³/mol. The zero-order valence-corrected chi connectivity index (χ0v) is 9.38. The van der Waals surface area contributed by atoms with E-state index < -0.39 is 6.29 Å². The summed E-state index contributed by atoms with van der Waals surface area (Å²) in [5, 5.41) is 8.78. The molecule has 0 radical (unpaired) electrons. The minimum Gasteiger partial charge on any atom is -0.346 e. The van der Waals surface area contributed by atoms with Crippen LogP contribution in [0.2, 0.25) is 0 Å². The molecule has 0 aliphatic carbocycles. The molecular formula is C12H18O3. The second-order valence-corrected chi connectivity index (χ2v) is 3.86. The van der Waals surface area contributed by atoms with Crippen molar-refractivity contribution in [1.29, 1.82) is 0 Å². The summed E-state index contributed by atoms with van der Waals surface area (Å²) in [6.07, 6.45) is -0.597. The lowest BCUT2D eigenvalue weighted by Crippen LogP contribution is -2.25. The fourth-order valence-corrected chi connectivity index (χ4v) is 1.42. The Bertz CT molecular complexity index is 271. The molecule has 1 aromatic rings. The zero-order chi connectivity index (χ0) is 11.3. The first-order valence-electron chi connectivity index (χ1n) is 5.15. The van der Waals surface area contributed by atoms with Crippen LogP contribution < -0.4 is 0 Å². The van der Waals surface area contributed by atoms with Gasteiger partial charge >= 0.3 is 0 Å². The highest BCUT2D eigenvalue weighted by atomic mass is 17.1. The van der Waals surface area contributed by atoms with Crippen LogP contribution in [0.25, 0.3) is 0 Å². The van der Waals surface area contributed by atoms with E-state index in [-0.39, 0.29) is 12.0 Å². The highest BCUT2D eigenvalue weighted by Gasteiger charge is 2.21. The highest BCUT2D eigenvalue weighted by molar-refractivity contribution is 5.19. The predicted octanol–water partition coefficient (Wildman–Crippen LogP) is 3.03. The molecule has 0 saturated heterocycles. The molecule has 3 heteroatoms. The van der Waals surface area contributed by atoms with Crippen LogP contribution in [0, 0.1) is 0 Å². The number of benzene rings is 1. The molecule has 84 valence electrons. The van der Waals surface area contributed by atoms with E-state index >= 15 is 0 Å². The van der Waals surface area contributed by atoms with Gasteiger partial charge in [0.1, 0.15) is 0 Å². The van der Waals surface area contributed by atoms with E-state index in [4.69, 9.17) is 9.99 Å². The lowest BCUT2D eigenvalue weighted by atomic mass is 10.0.